The summed E-state index contributed by atoms with van der Waals surface area (Å²) in [5.41, 5.74) is 0. The highest BCUT2D eigenvalue weighted by Gasteiger charge is 2.24. The largest absolute Gasteiger partial charge is 0.450 e. The summed E-state index contributed by atoms with van der Waals surface area (Å²) < 4.78 is 32.1. The number of nitrogens with one attached hydrogen (secondary N) is 3. The molecule has 0 saturated carbocycles. The zero-order chi connectivity index (χ0) is 20.4. The van der Waals surface area contributed by atoms with Crippen LogP contribution in [0.25, 0.3) is 0 Å². The maximum Gasteiger partial charge on any atom is 0.409 e. The number of halogens is 1. The summed E-state index contributed by atoms with van der Waals surface area (Å²) in [6.45, 7) is 6.66. The Hall–Kier alpha value is -1.12. The van der Waals surface area contributed by atoms with Gasteiger partial charge in [0.05, 0.1) is 13.2 Å². The van der Waals surface area contributed by atoms with Crippen molar-refractivity contribution < 1.29 is 17.9 Å². The number of piperidine rings is 1. The van der Waals surface area contributed by atoms with Crippen molar-refractivity contribution in [1.29, 1.82) is 0 Å². The zero-order valence-electron chi connectivity index (χ0n) is 16.7. The summed E-state index contributed by atoms with van der Waals surface area (Å²) in [7, 11) is -3.46. The van der Waals surface area contributed by atoms with E-state index in [1.54, 1.807) is 29.3 Å². The molecule has 0 aliphatic carbocycles. The third-order valence-corrected chi connectivity index (χ3v) is 7.00. The second-order valence-corrected chi connectivity index (χ2v) is 9.14. The Morgan fingerprint density at radius 1 is 1.34 bits per heavy atom. The third kappa shape index (κ3) is 8.64. The Kier molecular flexibility index (Phi) is 11.8. The maximum absolute atomic E-state index is 12.1. The van der Waals surface area contributed by atoms with Crippen LogP contribution < -0.4 is 15.4 Å². The number of aliphatic imine (C=N–C) groups is 1. The van der Waals surface area contributed by atoms with Gasteiger partial charge in [-0.1, -0.05) is 6.07 Å². The highest BCUT2D eigenvalue weighted by molar-refractivity contribution is 14.0. The fraction of sp³-hybridized carbons (Fsp3) is 0.647. The third-order valence-electron chi connectivity index (χ3n) is 4.14. The van der Waals surface area contributed by atoms with E-state index in [1.165, 1.54) is 11.3 Å². The van der Waals surface area contributed by atoms with Crippen molar-refractivity contribution in [1.82, 2.24) is 20.3 Å². The first kappa shape index (κ1) is 25.9. The summed E-state index contributed by atoms with van der Waals surface area (Å²) >= 11 is 1.18. The van der Waals surface area contributed by atoms with Gasteiger partial charge in [0.2, 0.25) is 10.0 Å². The van der Waals surface area contributed by atoms with Crippen LogP contribution >= 0.6 is 35.3 Å². The van der Waals surface area contributed by atoms with Crippen molar-refractivity contribution in [2.45, 2.75) is 36.9 Å². The predicted octanol–water partition coefficient (Wildman–Crippen LogP) is 1.82. The summed E-state index contributed by atoms with van der Waals surface area (Å²) in [6.07, 6.45) is 1.34. The van der Waals surface area contributed by atoms with Crippen LogP contribution in [0.3, 0.4) is 0 Å². The average Bonchev–Trinajstić information content (AvgIpc) is 3.22. The molecule has 2 heterocycles. The molecule has 1 aromatic heterocycles. The number of carbonyl (C=O) groups is 1. The van der Waals surface area contributed by atoms with Crippen LogP contribution in [0.5, 0.6) is 0 Å². The van der Waals surface area contributed by atoms with Crippen molar-refractivity contribution in [2.75, 3.05) is 39.3 Å². The molecule has 1 saturated heterocycles. The first-order valence-electron chi connectivity index (χ1n) is 9.46. The fourth-order valence-corrected chi connectivity index (χ4v) is 4.83. The number of hydrogen-bond acceptors (Lipinski definition) is 6. The Balaban J connectivity index is 0.00000420. The average molecular weight is 559 g/mol. The number of carbonyl (C=O) groups excluding carboxylic acids is 1. The fourth-order valence-electron chi connectivity index (χ4n) is 2.77. The van der Waals surface area contributed by atoms with E-state index in [2.05, 4.69) is 20.3 Å². The van der Waals surface area contributed by atoms with E-state index in [0.717, 1.165) is 12.8 Å². The number of nitrogens with zero attached hydrogens (tertiary/aromatic N) is 2. The normalized spacial score (nSPS) is 15.5. The summed E-state index contributed by atoms with van der Waals surface area (Å²) in [5.74, 6) is 0.646. The van der Waals surface area contributed by atoms with E-state index < -0.39 is 10.0 Å². The molecule has 1 amide bonds. The molecule has 29 heavy (non-hydrogen) atoms. The molecular weight excluding hydrogens is 529 g/mol. The Morgan fingerprint density at radius 3 is 2.66 bits per heavy atom. The van der Waals surface area contributed by atoms with Crippen molar-refractivity contribution in [3.63, 3.8) is 0 Å². The van der Waals surface area contributed by atoms with Crippen molar-refractivity contribution in [2.24, 2.45) is 4.99 Å². The van der Waals surface area contributed by atoms with Gasteiger partial charge in [-0.25, -0.2) is 17.9 Å². The van der Waals surface area contributed by atoms with Crippen LogP contribution in [0.15, 0.2) is 26.7 Å². The number of amides is 1. The van der Waals surface area contributed by atoms with Gasteiger partial charge in [0, 0.05) is 32.2 Å². The Labute approximate surface area is 193 Å². The first-order chi connectivity index (χ1) is 13.5. The van der Waals surface area contributed by atoms with Gasteiger partial charge < -0.3 is 20.3 Å². The monoisotopic (exact) mass is 559 g/mol. The SMILES string of the molecule is CCNC(=NCCNS(=O)(=O)c1cccs1)NC1CCN(C(=O)OCC)CC1.I. The van der Waals surface area contributed by atoms with Crippen LogP contribution in [0.1, 0.15) is 26.7 Å². The lowest BCUT2D eigenvalue weighted by Gasteiger charge is -2.32. The lowest BCUT2D eigenvalue weighted by molar-refractivity contribution is 0.0963. The van der Waals surface area contributed by atoms with Gasteiger partial charge in [0.25, 0.3) is 0 Å². The van der Waals surface area contributed by atoms with Crippen LogP contribution in [-0.4, -0.2) is 70.7 Å². The minimum atomic E-state index is -3.46. The lowest BCUT2D eigenvalue weighted by atomic mass is 10.1. The molecule has 2 rings (SSSR count). The molecule has 3 N–H and O–H groups in total. The number of likely N-dealkylation sites (tertiary alicyclic amines) is 1. The maximum atomic E-state index is 12.1. The van der Waals surface area contributed by atoms with Crippen LogP contribution in [0.4, 0.5) is 4.79 Å². The van der Waals surface area contributed by atoms with Gasteiger partial charge in [-0.3, -0.25) is 4.99 Å². The first-order valence-corrected chi connectivity index (χ1v) is 11.8. The molecule has 0 bridgehead atoms. The number of sulfonamides is 1. The van der Waals surface area contributed by atoms with E-state index in [-0.39, 0.29) is 42.7 Å². The predicted molar refractivity (Wildman–Crippen MR) is 126 cm³/mol. The van der Waals surface area contributed by atoms with Crippen LogP contribution in [0, 0.1) is 0 Å². The van der Waals surface area contributed by atoms with Crippen LogP contribution in [0.2, 0.25) is 0 Å². The van der Waals surface area contributed by atoms with Gasteiger partial charge in [0.15, 0.2) is 5.96 Å². The van der Waals surface area contributed by atoms with Gasteiger partial charge in [0.1, 0.15) is 4.21 Å². The number of hydrogen-bond donors (Lipinski definition) is 3. The minimum Gasteiger partial charge on any atom is -0.450 e. The minimum absolute atomic E-state index is 0. The lowest BCUT2D eigenvalue weighted by Crippen LogP contribution is -2.50. The summed E-state index contributed by atoms with van der Waals surface area (Å²) in [4.78, 5) is 17.9. The molecule has 1 fully saturated rings. The van der Waals surface area contributed by atoms with E-state index in [1.807, 2.05) is 6.92 Å². The Morgan fingerprint density at radius 2 is 2.07 bits per heavy atom. The summed E-state index contributed by atoms with van der Waals surface area (Å²) in [6, 6.07) is 3.48. The molecule has 0 radical (unpaired) electrons. The topological polar surface area (TPSA) is 112 Å². The molecule has 0 aromatic carbocycles. The van der Waals surface area contributed by atoms with E-state index >= 15 is 0 Å². The van der Waals surface area contributed by atoms with Gasteiger partial charge in [-0.2, -0.15) is 0 Å². The molecular formula is C17H30IN5O4S2. The van der Waals surface area contributed by atoms with Crippen molar-refractivity contribution >= 4 is 57.4 Å². The molecule has 9 nitrogen and oxygen atoms in total. The number of rotatable bonds is 8. The number of ether oxygens (including phenoxy) is 1. The molecule has 1 aliphatic rings. The van der Waals surface area contributed by atoms with Gasteiger partial charge in [-0.15, -0.1) is 35.3 Å². The quantitative estimate of drug-likeness (QED) is 0.194. The summed E-state index contributed by atoms with van der Waals surface area (Å²) in [5, 5.41) is 8.26. The van der Waals surface area contributed by atoms with Crippen LogP contribution in [-0.2, 0) is 14.8 Å². The highest BCUT2D eigenvalue weighted by atomic mass is 127. The van der Waals surface area contributed by atoms with Gasteiger partial charge >= 0.3 is 6.09 Å². The van der Waals surface area contributed by atoms with Gasteiger partial charge in [-0.05, 0) is 38.1 Å². The second kappa shape index (κ2) is 13.2. The van der Waals surface area contributed by atoms with E-state index in [9.17, 15) is 13.2 Å². The molecule has 166 valence electrons. The van der Waals surface area contributed by atoms with Crippen molar-refractivity contribution in [3.05, 3.63) is 17.5 Å². The van der Waals surface area contributed by atoms with E-state index in [4.69, 9.17) is 4.74 Å². The number of guanidine groups is 1. The Bertz CT molecular complexity index is 735. The molecule has 0 atom stereocenters. The molecule has 0 unspecified atom stereocenters. The smallest absolute Gasteiger partial charge is 0.409 e. The molecule has 12 heteroatoms. The highest BCUT2D eigenvalue weighted by Crippen LogP contribution is 2.15. The molecule has 1 aromatic rings. The van der Waals surface area contributed by atoms with E-state index in [0.29, 0.717) is 43.0 Å². The second-order valence-electron chi connectivity index (χ2n) is 6.20. The molecule has 0 spiro atoms. The zero-order valence-corrected chi connectivity index (χ0v) is 20.7. The standard InChI is InChI=1S/C17H29N5O4S2.HI/c1-3-18-16(19-9-10-20-28(24,25)15-6-5-13-27-15)21-14-7-11-22(12-8-14)17(23)26-4-2;/h5-6,13-14,20H,3-4,7-12H2,1-2H3,(H2,18,19,21);1H. The molecule has 1 aliphatic heterocycles. The number of thiophene rings is 1. The van der Waals surface area contributed by atoms with Crippen molar-refractivity contribution in [3.8, 4) is 0 Å².